The van der Waals surface area contributed by atoms with Gasteiger partial charge in [0, 0.05) is 11.1 Å². The number of hydrogen-bond acceptors (Lipinski definition) is 3. The van der Waals surface area contributed by atoms with E-state index in [2.05, 4.69) is 10.2 Å². The lowest BCUT2D eigenvalue weighted by Gasteiger charge is -1.99. The molecule has 0 fully saturated rings. The van der Waals surface area contributed by atoms with Crippen LogP contribution in [0, 0.1) is 6.92 Å². The van der Waals surface area contributed by atoms with Crippen molar-refractivity contribution in [2.45, 2.75) is 6.92 Å². The Morgan fingerprint density at radius 2 is 2.19 bits per heavy atom. The first-order valence-corrected chi connectivity index (χ1v) is 4.67. The van der Waals surface area contributed by atoms with Crippen molar-refractivity contribution in [2.75, 3.05) is 0 Å². The van der Waals surface area contributed by atoms with Crippen LogP contribution in [-0.2, 0) is 0 Å². The number of aromatic amines is 1. The standard InChI is InChI=1S/C11H10N2O3/c1-6-9(12-13-10(6)11(15)16)7-3-2-4-8(14)5-7/h2-5,14H,1H3,(H,12,13)(H,15,16). The number of carboxylic acids is 1. The normalized spacial score (nSPS) is 10.3. The highest BCUT2D eigenvalue weighted by Gasteiger charge is 2.15. The van der Waals surface area contributed by atoms with Crippen LogP contribution in [0.5, 0.6) is 5.75 Å². The van der Waals surface area contributed by atoms with E-state index in [1.807, 2.05) is 0 Å². The van der Waals surface area contributed by atoms with Gasteiger partial charge in [0.2, 0.25) is 0 Å². The molecule has 1 heterocycles. The minimum Gasteiger partial charge on any atom is -0.508 e. The highest BCUT2D eigenvalue weighted by Crippen LogP contribution is 2.25. The summed E-state index contributed by atoms with van der Waals surface area (Å²) in [4.78, 5) is 10.8. The molecule has 0 bridgehead atoms. The van der Waals surface area contributed by atoms with Gasteiger partial charge in [0.05, 0.1) is 5.69 Å². The molecule has 0 saturated heterocycles. The SMILES string of the molecule is Cc1c(-c2cccc(O)c2)n[nH]c1C(=O)O. The fraction of sp³-hybridized carbons (Fsp3) is 0.0909. The molecule has 16 heavy (non-hydrogen) atoms. The fourth-order valence-electron chi connectivity index (χ4n) is 1.54. The average Bonchev–Trinajstić information content (AvgIpc) is 2.60. The van der Waals surface area contributed by atoms with Crippen molar-refractivity contribution >= 4 is 5.97 Å². The highest BCUT2D eigenvalue weighted by molar-refractivity contribution is 5.89. The van der Waals surface area contributed by atoms with Gasteiger partial charge in [0.1, 0.15) is 11.4 Å². The minimum absolute atomic E-state index is 0.0679. The van der Waals surface area contributed by atoms with E-state index < -0.39 is 5.97 Å². The zero-order chi connectivity index (χ0) is 11.7. The number of H-pyrrole nitrogens is 1. The second-order valence-corrected chi connectivity index (χ2v) is 3.43. The van der Waals surface area contributed by atoms with Crippen LogP contribution in [0.3, 0.4) is 0 Å². The number of phenols is 1. The number of rotatable bonds is 2. The Hall–Kier alpha value is -2.30. The second-order valence-electron chi connectivity index (χ2n) is 3.43. The molecular weight excluding hydrogens is 208 g/mol. The summed E-state index contributed by atoms with van der Waals surface area (Å²) in [6.07, 6.45) is 0. The van der Waals surface area contributed by atoms with Gasteiger partial charge in [0.15, 0.2) is 0 Å². The molecule has 0 amide bonds. The number of aromatic nitrogens is 2. The average molecular weight is 218 g/mol. The molecule has 0 unspecified atom stereocenters. The van der Waals surface area contributed by atoms with E-state index in [-0.39, 0.29) is 11.4 Å². The number of aromatic carboxylic acids is 1. The number of nitrogens with zero attached hydrogens (tertiary/aromatic N) is 1. The summed E-state index contributed by atoms with van der Waals surface area (Å²) in [6, 6.07) is 6.52. The molecule has 5 nitrogen and oxygen atoms in total. The quantitative estimate of drug-likeness (QED) is 0.717. The lowest BCUT2D eigenvalue weighted by atomic mass is 10.1. The van der Waals surface area contributed by atoms with Crippen molar-refractivity contribution in [3.8, 4) is 17.0 Å². The molecule has 2 aromatic rings. The fourth-order valence-corrected chi connectivity index (χ4v) is 1.54. The number of phenolic OH excluding ortho intramolecular Hbond substituents is 1. The third-order valence-electron chi connectivity index (χ3n) is 2.34. The molecule has 0 aliphatic rings. The van der Waals surface area contributed by atoms with Crippen molar-refractivity contribution in [3.63, 3.8) is 0 Å². The van der Waals surface area contributed by atoms with Gasteiger partial charge >= 0.3 is 5.97 Å². The minimum atomic E-state index is -1.04. The summed E-state index contributed by atoms with van der Waals surface area (Å²) in [5, 5.41) is 24.6. The van der Waals surface area contributed by atoms with Gasteiger partial charge in [-0.05, 0) is 19.1 Å². The molecule has 5 heteroatoms. The van der Waals surface area contributed by atoms with Crippen LogP contribution in [0.15, 0.2) is 24.3 Å². The number of nitrogens with one attached hydrogen (secondary N) is 1. The van der Waals surface area contributed by atoms with E-state index in [1.54, 1.807) is 25.1 Å². The maximum absolute atomic E-state index is 10.8. The zero-order valence-corrected chi connectivity index (χ0v) is 8.56. The smallest absolute Gasteiger partial charge is 0.354 e. The Morgan fingerprint density at radius 3 is 2.75 bits per heavy atom. The summed E-state index contributed by atoms with van der Waals surface area (Å²) in [5.74, 6) is -0.923. The van der Waals surface area contributed by atoms with Gasteiger partial charge in [-0.3, -0.25) is 5.10 Å². The Balaban J connectivity index is 2.53. The van der Waals surface area contributed by atoms with Crippen molar-refractivity contribution in [2.24, 2.45) is 0 Å². The molecule has 82 valence electrons. The Bertz CT molecular complexity index is 546. The van der Waals surface area contributed by atoms with Crippen LogP contribution in [0.1, 0.15) is 16.1 Å². The van der Waals surface area contributed by atoms with Crippen LogP contribution in [-0.4, -0.2) is 26.4 Å². The van der Waals surface area contributed by atoms with Crippen LogP contribution >= 0.6 is 0 Å². The first-order chi connectivity index (χ1) is 7.59. The summed E-state index contributed by atoms with van der Waals surface area (Å²) < 4.78 is 0. The molecule has 1 aromatic carbocycles. The molecule has 0 aliphatic heterocycles. The monoisotopic (exact) mass is 218 g/mol. The first-order valence-electron chi connectivity index (χ1n) is 4.67. The summed E-state index contributed by atoms with van der Waals surface area (Å²) in [7, 11) is 0. The largest absolute Gasteiger partial charge is 0.508 e. The van der Waals surface area contributed by atoms with E-state index in [0.717, 1.165) is 0 Å². The van der Waals surface area contributed by atoms with Crippen molar-refractivity contribution in [1.82, 2.24) is 10.2 Å². The predicted molar refractivity (Wildman–Crippen MR) is 57.4 cm³/mol. The number of benzene rings is 1. The van der Waals surface area contributed by atoms with Gasteiger partial charge in [-0.1, -0.05) is 12.1 Å². The topological polar surface area (TPSA) is 86.2 Å². The van der Waals surface area contributed by atoms with Gasteiger partial charge < -0.3 is 10.2 Å². The Labute approximate surface area is 91.4 Å². The van der Waals surface area contributed by atoms with Gasteiger partial charge in [0.25, 0.3) is 0 Å². The van der Waals surface area contributed by atoms with Crippen LogP contribution in [0.25, 0.3) is 11.3 Å². The highest BCUT2D eigenvalue weighted by atomic mass is 16.4. The number of aromatic hydroxyl groups is 1. The lowest BCUT2D eigenvalue weighted by Crippen LogP contribution is -1.98. The van der Waals surface area contributed by atoms with E-state index >= 15 is 0 Å². The van der Waals surface area contributed by atoms with E-state index in [4.69, 9.17) is 5.11 Å². The summed E-state index contributed by atoms with van der Waals surface area (Å²) in [5.41, 5.74) is 1.84. The predicted octanol–water partition coefficient (Wildman–Crippen LogP) is 1.79. The van der Waals surface area contributed by atoms with Crippen LogP contribution < -0.4 is 0 Å². The molecule has 0 atom stereocenters. The third-order valence-corrected chi connectivity index (χ3v) is 2.34. The maximum atomic E-state index is 10.8. The molecule has 2 rings (SSSR count). The van der Waals surface area contributed by atoms with E-state index in [0.29, 0.717) is 16.8 Å². The first kappa shape index (κ1) is 10.2. The van der Waals surface area contributed by atoms with Crippen LogP contribution in [0.2, 0.25) is 0 Å². The Morgan fingerprint density at radius 1 is 1.44 bits per heavy atom. The van der Waals surface area contributed by atoms with E-state index in [9.17, 15) is 9.90 Å². The number of carbonyl (C=O) groups is 1. The van der Waals surface area contributed by atoms with Crippen molar-refractivity contribution in [1.29, 1.82) is 0 Å². The molecule has 0 saturated carbocycles. The van der Waals surface area contributed by atoms with Crippen molar-refractivity contribution in [3.05, 3.63) is 35.5 Å². The maximum Gasteiger partial charge on any atom is 0.354 e. The van der Waals surface area contributed by atoms with Gasteiger partial charge in [-0.15, -0.1) is 0 Å². The third kappa shape index (κ3) is 1.63. The molecular formula is C11H10N2O3. The number of carboxylic acid groups (broad SMARTS) is 1. The molecule has 3 N–H and O–H groups in total. The van der Waals surface area contributed by atoms with Crippen molar-refractivity contribution < 1.29 is 15.0 Å². The van der Waals surface area contributed by atoms with Gasteiger partial charge in [-0.25, -0.2) is 4.79 Å². The molecule has 0 spiro atoms. The molecule has 0 aliphatic carbocycles. The zero-order valence-electron chi connectivity index (χ0n) is 8.56. The summed E-state index contributed by atoms with van der Waals surface area (Å²) in [6.45, 7) is 1.67. The Kier molecular flexibility index (Phi) is 2.36. The van der Waals surface area contributed by atoms with Gasteiger partial charge in [-0.2, -0.15) is 5.10 Å². The molecule has 1 aromatic heterocycles. The number of hydrogen-bond donors (Lipinski definition) is 3. The second kappa shape index (κ2) is 3.69. The van der Waals surface area contributed by atoms with E-state index in [1.165, 1.54) is 6.07 Å². The lowest BCUT2D eigenvalue weighted by molar-refractivity contribution is 0.0689. The van der Waals surface area contributed by atoms with Crippen LogP contribution in [0.4, 0.5) is 0 Å². The summed E-state index contributed by atoms with van der Waals surface area (Å²) >= 11 is 0. The molecule has 0 radical (unpaired) electrons.